The maximum Gasteiger partial charge on any atom is 0.0927 e. The molecule has 5 heterocycles. The van der Waals surface area contributed by atoms with Crippen LogP contribution in [-0.4, -0.2) is 29.9 Å². The number of rotatable bonds is 0. The Kier molecular flexibility index (Phi) is 5.23. The van der Waals surface area contributed by atoms with Crippen LogP contribution in [0.4, 0.5) is 0 Å². The van der Waals surface area contributed by atoms with Gasteiger partial charge in [-0.1, -0.05) is 97.1 Å². The van der Waals surface area contributed by atoms with Crippen LogP contribution in [0, 0.1) is 0 Å². The van der Waals surface area contributed by atoms with Crippen LogP contribution in [0.5, 0.6) is 0 Å². The fourth-order valence-electron chi connectivity index (χ4n) is 5.46. The number of aromatic nitrogens is 8. The minimum atomic E-state index is 0. The van der Waals surface area contributed by atoms with Crippen LogP contribution in [-0.2, 0) is 22.4 Å². The fraction of sp³-hybridized carbons (Fsp3) is 0. The third-order valence-electron chi connectivity index (χ3n) is 7.33. The van der Waals surface area contributed by atoms with E-state index >= 15 is 0 Å². The van der Waals surface area contributed by atoms with Gasteiger partial charge < -0.3 is 29.9 Å². The quantitative estimate of drug-likeness (QED) is 0.187. The molecule has 0 unspecified atom stereocenters. The molecule has 2 aliphatic rings. The van der Waals surface area contributed by atoms with Crippen molar-refractivity contribution in [1.82, 2.24) is 39.9 Å². The minimum absolute atomic E-state index is 0. The maximum absolute atomic E-state index is 4.95. The summed E-state index contributed by atoms with van der Waals surface area (Å²) in [5.41, 5.74) is 5.78. The van der Waals surface area contributed by atoms with Gasteiger partial charge in [-0.2, -0.15) is 0 Å². The molecule has 0 amide bonds. The molecule has 0 atom stereocenters. The zero-order chi connectivity index (χ0) is 26.2. The first-order valence-corrected chi connectivity index (χ1v) is 12.9. The van der Waals surface area contributed by atoms with Gasteiger partial charge in [0.15, 0.2) is 0 Å². The van der Waals surface area contributed by atoms with E-state index in [1.807, 2.05) is 97.1 Å². The number of nitrogens with zero attached hydrogens (tertiary/aromatic N) is 8. The summed E-state index contributed by atoms with van der Waals surface area (Å²) in [7, 11) is 0. The van der Waals surface area contributed by atoms with Gasteiger partial charge in [0.05, 0.1) is 23.3 Å². The van der Waals surface area contributed by atoms with Crippen LogP contribution in [0.1, 0.15) is 0 Å². The molecule has 0 fully saturated rings. The molecule has 7 aromatic rings. The van der Waals surface area contributed by atoms with Crippen LogP contribution in [0.15, 0.2) is 97.1 Å². The van der Waals surface area contributed by atoms with Gasteiger partial charge in [-0.05, 0) is 21.5 Å². The Morgan fingerprint density at radius 2 is 0.561 bits per heavy atom. The summed E-state index contributed by atoms with van der Waals surface area (Å²) in [6.07, 6.45) is 0. The normalized spacial score (nSPS) is 11.7. The van der Waals surface area contributed by atoms with E-state index in [0.29, 0.717) is 45.9 Å². The maximum atomic E-state index is 4.95. The fourth-order valence-corrected chi connectivity index (χ4v) is 5.46. The number of hydrogen-bond donors (Lipinski definition) is 0. The van der Waals surface area contributed by atoms with Crippen LogP contribution in [0.2, 0.25) is 0 Å². The Morgan fingerprint density at radius 3 is 0.829 bits per heavy atom. The summed E-state index contributed by atoms with van der Waals surface area (Å²) in [5, 5.41) is 3.57. The molecule has 9 heteroatoms. The van der Waals surface area contributed by atoms with Gasteiger partial charge in [0, 0.05) is 67.2 Å². The van der Waals surface area contributed by atoms with E-state index in [9.17, 15) is 0 Å². The van der Waals surface area contributed by atoms with Gasteiger partial charge in [0.25, 0.3) is 0 Å². The van der Waals surface area contributed by atoms with Gasteiger partial charge in [0.1, 0.15) is 0 Å². The molecule has 0 saturated carbocycles. The molecule has 9 rings (SSSR count). The number of fused-ring (bicyclic) bond motifs is 20. The number of hydrogen-bond acceptors (Lipinski definition) is 6. The summed E-state index contributed by atoms with van der Waals surface area (Å²) in [4.78, 5) is 39.3. The van der Waals surface area contributed by atoms with E-state index < -0.39 is 0 Å². The van der Waals surface area contributed by atoms with Crippen molar-refractivity contribution in [2.45, 2.75) is 0 Å². The molecule has 2 aliphatic heterocycles. The third kappa shape index (κ3) is 3.59. The molecule has 3 aromatic heterocycles. The van der Waals surface area contributed by atoms with Crippen molar-refractivity contribution in [2.75, 3.05) is 0 Å². The molecule has 8 bridgehead atoms. The van der Waals surface area contributed by atoms with Gasteiger partial charge in [0.2, 0.25) is 0 Å². The molecule has 41 heavy (non-hydrogen) atoms. The second-order valence-corrected chi connectivity index (χ2v) is 9.67. The zero-order valence-electron chi connectivity index (χ0n) is 21.1. The predicted molar refractivity (Wildman–Crippen MR) is 154 cm³/mol. The second kappa shape index (κ2) is 9.00. The first-order valence-electron chi connectivity index (χ1n) is 12.9. The molecule has 0 spiro atoms. The van der Waals surface area contributed by atoms with Crippen LogP contribution in [0.3, 0.4) is 0 Å². The van der Waals surface area contributed by atoms with Crippen LogP contribution < -0.4 is 9.97 Å². The molecule has 8 nitrogen and oxygen atoms in total. The Hall–Kier alpha value is -5.02. The third-order valence-corrected chi connectivity index (χ3v) is 7.33. The van der Waals surface area contributed by atoms with Crippen molar-refractivity contribution in [1.29, 1.82) is 0 Å². The van der Waals surface area contributed by atoms with E-state index in [1.165, 1.54) is 0 Å². The van der Waals surface area contributed by atoms with Crippen molar-refractivity contribution in [3.63, 3.8) is 0 Å². The largest absolute Gasteiger partial charge is 0.357 e. The Bertz CT molecular complexity index is 2030. The molecule has 0 N–H and O–H groups in total. The molecule has 197 valence electrons. The summed E-state index contributed by atoms with van der Waals surface area (Å²) >= 11 is 0. The van der Waals surface area contributed by atoms with Crippen LogP contribution >= 0.6 is 0 Å². The summed E-state index contributed by atoms with van der Waals surface area (Å²) < 4.78 is 0. The molecule has 4 aromatic carbocycles. The molecule has 0 saturated heterocycles. The van der Waals surface area contributed by atoms with E-state index in [1.54, 1.807) is 0 Å². The summed E-state index contributed by atoms with van der Waals surface area (Å²) in [6.45, 7) is 0. The van der Waals surface area contributed by atoms with Crippen molar-refractivity contribution in [3.05, 3.63) is 97.1 Å². The monoisotopic (exact) mass is 619 g/mol. The molecular weight excluding hydrogens is 604 g/mol. The standard InChI is InChI=1S/C32H16N8.Ag/c1-2-10-18-17(9-1)25-33-26(18)38-28-21-13-5-6-14-22(21)30(35-28)40-32-24-16-8-7-15-23(24)31(36-32)39-29-20-12-4-3-11-19(20)27(34-29)37-25;/h1-16H;/q-2;. The average molecular weight is 620 g/mol. The van der Waals surface area contributed by atoms with Crippen molar-refractivity contribution < 1.29 is 22.4 Å². The SMILES string of the molecule is [Ag].c1ccc2c(c1)-c1nc-2nc2[n-]c(nc3nc(nc4[n-]c(n1)c1ccccc41)-c1ccccc1-3)c1ccccc21. The van der Waals surface area contributed by atoms with Crippen molar-refractivity contribution in [3.8, 4) is 45.6 Å². The van der Waals surface area contributed by atoms with Gasteiger partial charge in [-0.15, -0.1) is 0 Å². The zero-order valence-corrected chi connectivity index (χ0v) is 22.6. The summed E-state index contributed by atoms with van der Waals surface area (Å²) in [6, 6.07) is 31.8. The Morgan fingerprint density at radius 1 is 0.317 bits per heavy atom. The second-order valence-electron chi connectivity index (χ2n) is 9.67. The number of benzene rings is 4. The first kappa shape index (κ1) is 23.8. The topological polar surface area (TPSA) is 106 Å². The molecular formula is C32H16AgN8-2. The average Bonchev–Trinajstić information content (AvgIpc) is 3.73. The first-order chi connectivity index (χ1) is 19.8. The van der Waals surface area contributed by atoms with Crippen molar-refractivity contribution >= 4 is 44.1 Å². The van der Waals surface area contributed by atoms with E-state index in [0.717, 1.165) is 43.8 Å². The Labute approximate surface area is 248 Å². The van der Waals surface area contributed by atoms with E-state index in [-0.39, 0.29) is 22.4 Å². The van der Waals surface area contributed by atoms with Gasteiger partial charge in [-0.3, -0.25) is 0 Å². The van der Waals surface area contributed by atoms with Crippen molar-refractivity contribution in [2.24, 2.45) is 0 Å². The minimum Gasteiger partial charge on any atom is -0.357 e. The van der Waals surface area contributed by atoms with E-state index in [2.05, 4.69) is 0 Å². The molecule has 1 radical (unpaired) electrons. The van der Waals surface area contributed by atoms with E-state index in [4.69, 9.17) is 39.9 Å². The Balaban J connectivity index is 0.00000256. The smallest absolute Gasteiger partial charge is 0.0927 e. The van der Waals surface area contributed by atoms with Gasteiger partial charge >= 0.3 is 0 Å². The van der Waals surface area contributed by atoms with Gasteiger partial charge in [-0.25, -0.2) is 9.97 Å². The van der Waals surface area contributed by atoms with Crippen LogP contribution in [0.25, 0.3) is 89.7 Å². The molecule has 0 aliphatic carbocycles. The predicted octanol–water partition coefficient (Wildman–Crippen LogP) is 6.12. The summed E-state index contributed by atoms with van der Waals surface area (Å²) in [5.74, 6) is 2.21.